The molecule has 284 valence electrons. The maximum atomic E-state index is 6.94. The fourth-order valence-corrected chi connectivity index (χ4v) is 10.8. The lowest BCUT2D eigenvalue weighted by Crippen LogP contribution is -2.26. The second-order valence-electron chi connectivity index (χ2n) is 16.3. The number of hydrogen-bond donors (Lipinski definition) is 0. The SMILES string of the molecule is c1ccc(-c2ccccc2N(c2ccc3c(c2)C2(c4ccccc4-c4ccccc42)c2ccccc2-3)c2ccc3c(c2)oc2cc(-c4ccccc4)c4ccccc4c23)cc1. The molecule has 0 unspecified atom stereocenters. The number of fused-ring (bicyclic) bond motifs is 15. The molecule has 0 bridgehead atoms. The zero-order chi connectivity index (χ0) is 40.1. The largest absolute Gasteiger partial charge is 0.456 e. The maximum absolute atomic E-state index is 6.94. The summed E-state index contributed by atoms with van der Waals surface area (Å²) in [5.41, 5.74) is 19.6. The van der Waals surface area contributed by atoms with E-state index in [1.807, 2.05) is 0 Å². The fraction of sp³-hybridized carbons (Fsp3) is 0.0169. The normalized spacial score (nSPS) is 13.0. The highest BCUT2D eigenvalue weighted by atomic mass is 16.3. The van der Waals surface area contributed by atoms with E-state index in [2.05, 4.69) is 229 Å². The van der Waals surface area contributed by atoms with E-state index in [4.69, 9.17) is 4.42 Å². The molecule has 0 saturated carbocycles. The van der Waals surface area contributed by atoms with Crippen molar-refractivity contribution in [1.82, 2.24) is 0 Å². The lowest BCUT2D eigenvalue weighted by molar-refractivity contribution is 0.669. The van der Waals surface area contributed by atoms with Gasteiger partial charge in [-0.1, -0.05) is 182 Å². The summed E-state index contributed by atoms with van der Waals surface area (Å²) in [4.78, 5) is 2.44. The third-order valence-corrected chi connectivity index (χ3v) is 13.3. The molecule has 2 aliphatic rings. The molecular formula is C59H37NO. The van der Waals surface area contributed by atoms with Gasteiger partial charge in [-0.25, -0.2) is 0 Å². The molecule has 0 aliphatic heterocycles. The van der Waals surface area contributed by atoms with Gasteiger partial charge in [0.1, 0.15) is 11.2 Å². The van der Waals surface area contributed by atoms with Gasteiger partial charge < -0.3 is 9.32 Å². The average Bonchev–Trinajstić information content (AvgIpc) is 3.96. The van der Waals surface area contributed by atoms with Crippen LogP contribution in [0.2, 0.25) is 0 Å². The molecule has 13 rings (SSSR count). The fourth-order valence-electron chi connectivity index (χ4n) is 10.8. The minimum atomic E-state index is -0.458. The molecule has 1 heterocycles. The molecule has 2 heteroatoms. The minimum absolute atomic E-state index is 0.458. The first-order valence-corrected chi connectivity index (χ1v) is 21.1. The molecule has 0 fully saturated rings. The smallest absolute Gasteiger partial charge is 0.137 e. The van der Waals surface area contributed by atoms with Gasteiger partial charge in [0.05, 0.1) is 11.1 Å². The van der Waals surface area contributed by atoms with E-state index in [1.54, 1.807) is 0 Å². The van der Waals surface area contributed by atoms with Crippen molar-refractivity contribution in [3.05, 3.63) is 247 Å². The van der Waals surface area contributed by atoms with Gasteiger partial charge in [-0.15, -0.1) is 0 Å². The van der Waals surface area contributed by atoms with E-state index in [9.17, 15) is 0 Å². The lowest BCUT2D eigenvalue weighted by atomic mass is 9.70. The number of rotatable bonds is 5. The van der Waals surface area contributed by atoms with Crippen LogP contribution in [-0.2, 0) is 5.41 Å². The van der Waals surface area contributed by atoms with Crippen LogP contribution in [0.4, 0.5) is 17.1 Å². The van der Waals surface area contributed by atoms with Gasteiger partial charge in [0.15, 0.2) is 0 Å². The standard InChI is InChI=1S/C59H37NO/c1-3-17-38(18-4-1)42-21-12-16-30-55(42)60(41-32-34-49-56(36-41)61-57-37-50(39-19-5-2-6-20-39)43-22-7-8-26-48(43)58(49)57)40-31-33-47-46-25-11-15-29-53(46)59(54(47)35-40)51-27-13-9-23-44(51)45-24-10-14-28-52(45)59/h1-37H. The summed E-state index contributed by atoms with van der Waals surface area (Å²) >= 11 is 0. The second kappa shape index (κ2) is 13.0. The molecule has 0 amide bonds. The first kappa shape index (κ1) is 34.0. The van der Waals surface area contributed by atoms with Gasteiger partial charge in [-0.05, 0) is 108 Å². The first-order valence-electron chi connectivity index (χ1n) is 21.1. The first-order chi connectivity index (χ1) is 30.3. The average molecular weight is 776 g/mol. The molecule has 11 aromatic rings. The Balaban J connectivity index is 1.07. The highest BCUT2D eigenvalue weighted by molar-refractivity contribution is 6.22. The van der Waals surface area contributed by atoms with Crippen LogP contribution in [0, 0.1) is 0 Å². The van der Waals surface area contributed by atoms with E-state index in [0.29, 0.717) is 0 Å². The van der Waals surface area contributed by atoms with Gasteiger partial charge in [0.2, 0.25) is 0 Å². The summed E-state index contributed by atoms with van der Waals surface area (Å²) in [6, 6.07) is 82.1. The van der Waals surface area contributed by atoms with Gasteiger partial charge in [0.25, 0.3) is 0 Å². The summed E-state index contributed by atoms with van der Waals surface area (Å²) in [5.74, 6) is 0. The number of nitrogens with zero attached hydrogens (tertiary/aromatic N) is 1. The number of hydrogen-bond acceptors (Lipinski definition) is 2. The molecule has 2 nitrogen and oxygen atoms in total. The van der Waals surface area contributed by atoms with Crippen LogP contribution in [0.5, 0.6) is 0 Å². The Hall–Kier alpha value is -7.94. The van der Waals surface area contributed by atoms with Crippen molar-refractivity contribution in [2.24, 2.45) is 0 Å². The minimum Gasteiger partial charge on any atom is -0.456 e. The topological polar surface area (TPSA) is 16.4 Å². The zero-order valence-electron chi connectivity index (χ0n) is 33.2. The molecule has 0 N–H and O–H groups in total. The number of furan rings is 1. The highest BCUT2D eigenvalue weighted by Crippen LogP contribution is 2.63. The van der Waals surface area contributed by atoms with Crippen molar-refractivity contribution in [2.75, 3.05) is 4.90 Å². The lowest BCUT2D eigenvalue weighted by Gasteiger charge is -2.32. The Bertz CT molecular complexity index is 3480. The van der Waals surface area contributed by atoms with E-state index in [0.717, 1.165) is 50.1 Å². The molecule has 0 saturated heterocycles. The Morgan fingerprint density at radius 3 is 1.46 bits per heavy atom. The Kier molecular flexibility index (Phi) is 7.26. The molecule has 1 spiro atoms. The van der Waals surface area contributed by atoms with Crippen molar-refractivity contribution in [1.29, 1.82) is 0 Å². The Morgan fingerprint density at radius 1 is 0.311 bits per heavy atom. The summed E-state index contributed by atoms with van der Waals surface area (Å²) in [5, 5.41) is 4.66. The second-order valence-corrected chi connectivity index (χ2v) is 16.3. The van der Waals surface area contributed by atoms with Crippen molar-refractivity contribution >= 4 is 49.8 Å². The molecular weight excluding hydrogens is 739 g/mol. The van der Waals surface area contributed by atoms with Crippen LogP contribution >= 0.6 is 0 Å². The van der Waals surface area contributed by atoms with Crippen molar-refractivity contribution in [3.8, 4) is 44.5 Å². The van der Waals surface area contributed by atoms with Crippen LogP contribution < -0.4 is 4.90 Å². The number of para-hydroxylation sites is 1. The van der Waals surface area contributed by atoms with Crippen LogP contribution in [-0.4, -0.2) is 0 Å². The molecule has 0 radical (unpaired) electrons. The van der Waals surface area contributed by atoms with Crippen molar-refractivity contribution < 1.29 is 4.42 Å². The quantitative estimate of drug-likeness (QED) is 0.173. The highest BCUT2D eigenvalue weighted by Gasteiger charge is 2.51. The van der Waals surface area contributed by atoms with Crippen LogP contribution in [0.3, 0.4) is 0 Å². The Labute approximate surface area is 354 Å². The van der Waals surface area contributed by atoms with E-state index >= 15 is 0 Å². The summed E-state index contributed by atoms with van der Waals surface area (Å²) in [6.07, 6.45) is 0. The van der Waals surface area contributed by atoms with E-state index in [-0.39, 0.29) is 0 Å². The van der Waals surface area contributed by atoms with E-state index in [1.165, 1.54) is 66.4 Å². The monoisotopic (exact) mass is 775 g/mol. The Morgan fingerprint density at radius 2 is 0.803 bits per heavy atom. The van der Waals surface area contributed by atoms with Crippen molar-refractivity contribution in [3.63, 3.8) is 0 Å². The van der Waals surface area contributed by atoms with Crippen molar-refractivity contribution in [2.45, 2.75) is 5.41 Å². The van der Waals surface area contributed by atoms with Gasteiger partial charge >= 0.3 is 0 Å². The van der Waals surface area contributed by atoms with Gasteiger partial charge in [-0.3, -0.25) is 0 Å². The zero-order valence-corrected chi connectivity index (χ0v) is 33.2. The predicted octanol–water partition coefficient (Wildman–Crippen LogP) is 15.9. The number of anilines is 3. The molecule has 0 atom stereocenters. The van der Waals surface area contributed by atoms with Crippen LogP contribution in [0.1, 0.15) is 22.3 Å². The third kappa shape index (κ3) is 4.79. The molecule has 1 aromatic heterocycles. The molecule has 10 aromatic carbocycles. The predicted molar refractivity (Wildman–Crippen MR) is 253 cm³/mol. The molecule has 61 heavy (non-hydrogen) atoms. The summed E-state index contributed by atoms with van der Waals surface area (Å²) in [6.45, 7) is 0. The van der Waals surface area contributed by atoms with Gasteiger partial charge in [0, 0.05) is 33.8 Å². The maximum Gasteiger partial charge on any atom is 0.137 e. The summed E-state index contributed by atoms with van der Waals surface area (Å²) in [7, 11) is 0. The third-order valence-electron chi connectivity index (χ3n) is 13.3. The summed E-state index contributed by atoms with van der Waals surface area (Å²) < 4.78 is 6.94. The van der Waals surface area contributed by atoms with E-state index < -0.39 is 5.41 Å². The molecule has 2 aliphatic carbocycles. The van der Waals surface area contributed by atoms with Crippen LogP contribution in [0.15, 0.2) is 229 Å². The van der Waals surface area contributed by atoms with Crippen LogP contribution in [0.25, 0.3) is 77.2 Å². The van der Waals surface area contributed by atoms with Gasteiger partial charge in [-0.2, -0.15) is 0 Å². The number of benzene rings is 10.